The smallest absolute Gasteiger partial charge is 0.169 e. The standard InChI is InChI=1S/C19H20O3S/c1-14-3-6-16(7-4-14)23-12-2-10-21-15-5-8-17-18(20)9-11-22-19(17)13-15/h3-8,13H,2,9-12H2,1H3. The van der Waals surface area contributed by atoms with Gasteiger partial charge in [-0.1, -0.05) is 17.7 Å². The quantitative estimate of drug-likeness (QED) is 0.577. The first-order valence-corrected chi connectivity index (χ1v) is 8.83. The van der Waals surface area contributed by atoms with Crippen LogP contribution in [0, 0.1) is 6.92 Å². The number of carbonyl (C=O) groups excluding carboxylic acids is 1. The minimum Gasteiger partial charge on any atom is -0.493 e. The molecule has 0 unspecified atom stereocenters. The van der Waals surface area contributed by atoms with Gasteiger partial charge in [0.1, 0.15) is 11.5 Å². The number of Topliss-reactive ketones (excluding diaryl/α,β-unsaturated/α-hetero) is 1. The molecule has 4 heteroatoms. The zero-order valence-electron chi connectivity index (χ0n) is 13.2. The largest absolute Gasteiger partial charge is 0.493 e. The van der Waals surface area contributed by atoms with Crippen molar-refractivity contribution < 1.29 is 14.3 Å². The van der Waals surface area contributed by atoms with E-state index in [2.05, 4.69) is 31.2 Å². The van der Waals surface area contributed by atoms with Gasteiger partial charge in [-0.05, 0) is 37.6 Å². The number of hydrogen-bond acceptors (Lipinski definition) is 4. The van der Waals surface area contributed by atoms with Crippen LogP contribution in [0.3, 0.4) is 0 Å². The Morgan fingerprint density at radius 2 is 2.00 bits per heavy atom. The molecule has 0 saturated heterocycles. The summed E-state index contributed by atoms with van der Waals surface area (Å²) in [5.74, 6) is 2.57. The number of benzene rings is 2. The summed E-state index contributed by atoms with van der Waals surface area (Å²) in [6.07, 6.45) is 1.43. The van der Waals surface area contributed by atoms with Crippen molar-refractivity contribution in [3.05, 3.63) is 53.6 Å². The summed E-state index contributed by atoms with van der Waals surface area (Å²) < 4.78 is 11.3. The van der Waals surface area contributed by atoms with E-state index in [1.807, 2.05) is 23.9 Å². The van der Waals surface area contributed by atoms with E-state index in [0.29, 0.717) is 30.9 Å². The Bertz CT molecular complexity index is 680. The number of fused-ring (bicyclic) bond motifs is 1. The van der Waals surface area contributed by atoms with Gasteiger partial charge in [0, 0.05) is 23.1 Å². The van der Waals surface area contributed by atoms with Crippen LogP contribution in [0.15, 0.2) is 47.4 Å². The van der Waals surface area contributed by atoms with Crippen molar-refractivity contribution in [3.8, 4) is 11.5 Å². The van der Waals surface area contributed by atoms with E-state index in [0.717, 1.165) is 17.9 Å². The molecule has 0 bridgehead atoms. The molecule has 3 rings (SSSR count). The fourth-order valence-corrected chi connectivity index (χ4v) is 3.23. The lowest BCUT2D eigenvalue weighted by atomic mass is 10.1. The number of ether oxygens (including phenoxy) is 2. The monoisotopic (exact) mass is 328 g/mol. The normalized spacial score (nSPS) is 13.3. The number of ketones is 1. The molecule has 1 heterocycles. The molecular weight excluding hydrogens is 308 g/mol. The highest BCUT2D eigenvalue weighted by Crippen LogP contribution is 2.29. The number of carbonyl (C=O) groups is 1. The second-order valence-corrected chi connectivity index (χ2v) is 6.71. The highest BCUT2D eigenvalue weighted by Gasteiger charge is 2.18. The van der Waals surface area contributed by atoms with E-state index in [-0.39, 0.29) is 5.78 Å². The summed E-state index contributed by atoms with van der Waals surface area (Å²) in [6.45, 7) is 3.21. The first-order chi connectivity index (χ1) is 11.2. The van der Waals surface area contributed by atoms with Crippen LogP contribution >= 0.6 is 11.8 Å². The summed E-state index contributed by atoms with van der Waals surface area (Å²) in [4.78, 5) is 13.0. The van der Waals surface area contributed by atoms with Crippen molar-refractivity contribution in [2.75, 3.05) is 19.0 Å². The van der Waals surface area contributed by atoms with E-state index < -0.39 is 0 Å². The third-order valence-electron chi connectivity index (χ3n) is 3.69. The second kappa shape index (κ2) is 7.55. The molecule has 2 aromatic rings. The molecular formula is C19H20O3S. The SMILES string of the molecule is Cc1ccc(SCCCOc2ccc3c(c2)OCCC3=O)cc1. The lowest BCUT2D eigenvalue weighted by Crippen LogP contribution is -2.15. The van der Waals surface area contributed by atoms with E-state index in [1.165, 1.54) is 10.5 Å². The average molecular weight is 328 g/mol. The minimum atomic E-state index is 0.146. The number of hydrogen-bond donors (Lipinski definition) is 0. The van der Waals surface area contributed by atoms with Gasteiger partial charge in [-0.15, -0.1) is 11.8 Å². The van der Waals surface area contributed by atoms with Crippen LogP contribution in [0.5, 0.6) is 11.5 Å². The summed E-state index contributed by atoms with van der Waals surface area (Å²) in [6, 6.07) is 14.0. The van der Waals surface area contributed by atoms with E-state index in [9.17, 15) is 4.79 Å². The lowest BCUT2D eigenvalue weighted by molar-refractivity contribution is 0.0933. The van der Waals surface area contributed by atoms with Gasteiger partial charge in [0.05, 0.1) is 18.8 Å². The second-order valence-electron chi connectivity index (χ2n) is 5.54. The molecule has 0 aliphatic carbocycles. The Morgan fingerprint density at radius 1 is 1.17 bits per heavy atom. The lowest BCUT2D eigenvalue weighted by Gasteiger charge is -2.17. The van der Waals surface area contributed by atoms with E-state index in [4.69, 9.17) is 9.47 Å². The van der Waals surface area contributed by atoms with Crippen LogP contribution < -0.4 is 9.47 Å². The van der Waals surface area contributed by atoms with Crippen LogP contribution in [0.25, 0.3) is 0 Å². The maximum absolute atomic E-state index is 11.7. The fourth-order valence-electron chi connectivity index (χ4n) is 2.40. The molecule has 3 nitrogen and oxygen atoms in total. The Hall–Kier alpha value is -1.94. The topological polar surface area (TPSA) is 35.5 Å². The molecule has 0 aromatic heterocycles. The van der Waals surface area contributed by atoms with Gasteiger partial charge < -0.3 is 9.47 Å². The zero-order chi connectivity index (χ0) is 16.1. The molecule has 0 radical (unpaired) electrons. The Morgan fingerprint density at radius 3 is 2.83 bits per heavy atom. The van der Waals surface area contributed by atoms with Crippen molar-refractivity contribution in [2.24, 2.45) is 0 Å². The first-order valence-electron chi connectivity index (χ1n) is 7.85. The van der Waals surface area contributed by atoms with E-state index in [1.54, 1.807) is 6.07 Å². The summed E-state index contributed by atoms with van der Waals surface area (Å²) >= 11 is 1.84. The third kappa shape index (κ3) is 4.29. The van der Waals surface area contributed by atoms with Crippen molar-refractivity contribution >= 4 is 17.5 Å². The van der Waals surface area contributed by atoms with Crippen LogP contribution in [-0.2, 0) is 0 Å². The van der Waals surface area contributed by atoms with Crippen molar-refractivity contribution in [1.82, 2.24) is 0 Å². The summed E-state index contributed by atoms with van der Waals surface area (Å²) in [7, 11) is 0. The third-order valence-corrected chi connectivity index (χ3v) is 4.79. The van der Waals surface area contributed by atoms with Crippen LogP contribution in [-0.4, -0.2) is 24.7 Å². The van der Waals surface area contributed by atoms with Crippen LogP contribution in [0.2, 0.25) is 0 Å². The number of rotatable bonds is 6. The molecule has 0 N–H and O–H groups in total. The fraction of sp³-hybridized carbons (Fsp3) is 0.316. The van der Waals surface area contributed by atoms with Crippen LogP contribution in [0.1, 0.15) is 28.8 Å². The molecule has 1 aliphatic heterocycles. The van der Waals surface area contributed by atoms with Gasteiger partial charge in [-0.25, -0.2) is 0 Å². The average Bonchev–Trinajstić information content (AvgIpc) is 2.56. The maximum atomic E-state index is 11.7. The molecule has 0 amide bonds. The first kappa shape index (κ1) is 15.9. The summed E-state index contributed by atoms with van der Waals surface area (Å²) in [5.41, 5.74) is 1.95. The predicted molar refractivity (Wildman–Crippen MR) is 92.9 cm³/mol. The molecule has 2 aromatic carbocycles. The Labute approximate surface area is 141 Å². The minimum absolute atomic E-state index is 0.146. The summed E-state index contributed by atoms with van der Waals surface area (Å²) in [5, 5.41) is 0. The van der Waals surface area contributed by atoms with Gasteiger partial charge >= 0.3 is 0 Å². The van der Waals surface area contributed by atoms with E-state index >= 15 is 0 Å². The zero-order valence-corrected chi connectivity index (χ0v) is 14.0. The Kier molecular flexibility index (Phi) is 5.23. The van der Waals surface area contributed by atoms with Crippen molar-refractivity contribution in [3.63, 3.8) is 0 Å². The molecule has 0 saturated carbocycles. The van der Waals surface area contributed by atoms with Crippen LogP contribution in [0.4, 0.5) is 0 Å². The molecule has 0 atom stereocenters. The van der Waals surface area contributed by atoms with Crippen molar-refractivity contribution in [2.45, 2.75) is 24.7 Å². The highest BCUT2D eigenvalue weighted by molar-refractivity contribution is 7.99. The maximum Gasteiger partial charge on any atom is 0.169 e. The van der Waals surface area contributed by atoms with Gasteiger partial charge in [0.15, 0.2) is 5.78 Å². The molecule has 0 spiro atoms. The van der Waals surface area contributed by atoms with Gasteiger partial charge in [0.25, 0.3) is 0 Å². The predicted octanol–water partition coefficient (Wildman–Crippen LogP) is 4.52. The molecule has 23 heavy (non-hydrogen) atoms. The van der Waals surface area contributed by atoms with Gasteiger partial charge in [-0.3, -0.25) is 4.79 Å². The number of thioether (sulfide) groups is 1. The Balaban J connectivity index is 1.44. The van der Waals surface area contributed by atoms with Gasteiger partial charge in [-0.2, -0.15) is 0 Å². The van der Waals surface area contributed by atoms with Gasteiger partial charge in [0.2, 0.25) is 0 Å². The molecule has 1 aliphatic rings. The highest BCUT2D eigenvalue weighted by atomic mass is 32.2. The number of aryl methyl sites for hydroxylation is 1. The molecule has 120 valence electrons. The van der Waals surface area contributed by atoms with Crippen molar-refractivity contribution in [1.29, 1.82) is 0 Å². The molecule has 0 fully saturated rings.